The normalized spacial score (nSPS) is 11.4. The zero-order valence-corrected chi connectivity index (χ0v) is 15.1. The van der Waals surface area contributed by atoms with Gasteiger partial charge >= 0.3 is 5.97 Å². The van der Waals surface area contributed by atoms with Crippen molar-refractivity contribution in [1.82, 2.24) is 4.73 Å². The van der Waals surface area contributed by atoms with E-state index in [0.29, 0.717) is 17.0 Å². The molecule has 0 spiro atoms. The van der Waals surface area contributed by atoms with Crippen molar-refractivity contribution in [3.8, 4) is 0 Å². The van der Waals surface area contributed by atoms with Crippen LogP contribution in [0.1, 0.15) is 43.9 Å². The maximum atomic E-state index is 12.4. The van der Waals surface area contributed by atoms with Crippen molar-refractivity contribution in [2.45, 2.75) is 40.7 Å². The molecule has 1 heterocycles. The van der Waals surface area contributed by atoms with E-state index >= 15 is 0 Å². The molecule has 0 unspecified atom stereocenters. The fourth-order valence-electron chi connectivity index (χ4n) is 2.13. The first-order valence-corrected chi connectivity index (χ1v) is 8.21. The van der Waals surface area contributed by atoms with Crippen molar-refractivity contribution < 1.29 is 19.0 Å². The number of carbonyl (C=O) groups excluding carboxylic acids is 2. The highest BCUT2D eigenvalue weighted by atomic mass is 35.5. The Morgan fingerprint density at radius 2 is 1.83 bits per heavy atom. The van der Waals surface area contributed by atoms with E-state index in [-0.39, 0.29) is 18.3 Å². The predicted molar refractivity (Wildman–Crippen MR) is 90.8 cm³/mol. The van der Waals surface area contributed by atoms with Crippen molar-refractivity contribution >= 4 is 23.4 Å². The van der Waals surface area contributed by atoms with E-state index < -0.39 is 5.41 Å². The molecule has 5 nitrogen and oxygen atoms in total. The van der Waals surface area contributed by atoms with Gasteiger partial charge in [0.15, 0.2) is 12.7 Å². The van der Waals surface area contributed by atoms with E-state index in [2.05, 4.69) is 0 Å². The zero-order chi connectivity index (χ0) is 17.9. The number of ketones is 1. The molecule has 1 aromatic carbocycles. The number of imidazole rings is 1. The fraction of sp³-hybridized carbons (Fsp3) is 0.389. The molecule has 1 aromatic heterocycles. The van der Waals surface area contributed by atoms with Crippen LogP contribution in [0.25, 0.3) is 0 Å². The first-order valence-electron chi connectivity index (χ1n) is 7.83. The average molecular weight is 350 g/mol. The molecule has 0 aliphatic rings. The quantitative estimate of drug-likeness (QED) is 0.616. The molecular weight excluding hydrogens is 328 g/mol. The Hall–Kier alpha value is -2.14. The number of hydrogen-bond acceptors (Lipinski definition) is 3. The van der Waals surface area contributed by atoms with Crippen LogP contribution in [0.3, 0.4) is 0 Å². The smallest absolute Gasteiger partial charge is 0.290 e. The second-order valence-corrected chi connectivity index (χ2v) is 7.02. The summed E-state index contributed by atoms with van der Waals surface area (Å²) in [7, 11) is 0. The number of nitrogens with zero attached hydrogens (tertiary/aromatic N) is 2. The minimum Gasteiger partial charge on any atom is -0.290 e. The summed E-state index contributed by atoms with van der Waals surface area (Å²) in [5.41, 5.74) is -0.00688. The van der Waals surface area contributed by atoms with Crippen LogP contribution in [-0.4, -0.2) is 16.5 Å². The van der Waals surface area contributed by atoms with E-state index in [9.17, 15) is 9.59 Å². The van der Waals surface area contributed by atoms with Crippen molar-refractivity contribution in [1.29, 1.82) is 0 Å². The number of hydrogen-bond donors (Lipinski definition) is 0. The van der Waals surface area contributed by atoms with Crippen LogP contribution in [-0.2, 0) is 17.8 Å². The van der Waals surface area contributed by atoms with Gasteiger partial charge in [-0.3, -0.25) is 9.63 Å². The molecule has 2 rings (SSSR count). The predicted octanol–water partition coefficient (Wildman–Crippen LogP) is 2.88. The second-order valence-electron chi connectivity index (χ2n) is 6.58. The maximum absolute atomic E-state index is 12.4. The Bertz CT molecular complexity index is 743. The monoisotopic (exact) mass is 349 g/mol. The van der Waals surface area contributed by atoms with Crippen LogP contribution in [0.5, 0.6) is 0 Å². The minimum atomic E-state index is -0.598. The molecule has 0 aliphatic heterocycles. The summed E-state index contributed by atoms with van der Waals surface area (Å²) in [5, 5.41) is 0.591. The van der Waals surface area contributed by atoms with Gasteiger partial charge < -0.3 is 0 Å². The maximum Gasteiger partial charge on any atom is 0.363 e. The highest BCUT2D eigenvalue weighted by Gasteiger charge is 2.29. The molecule has 0 N–H and O–H groups in total. The molecule has 0 saturated carbocycles. The Morgan fingerprint density at radius 1 is 1.21 bits per heavy atom. The molecule has 6 heteroatoms. The largest absolute Gasteiger partial charge is 0.363 e. The summed E-state index contributed by atoms with van der Waals surface area (Å²) >= 11 is 5.84. The molecular formula is C18H22ClN2O3+. The summed E-state index contributed by atoms with van der Waals surface area (Å²) in [4.78, 5) is 29.9. The van der Waals surface area contributed by atoms with Gasteiger partial charge in [-0.2, -0.15) is 0 Å². The third-order valence-corrected chi connectivity index (χ3v) is 3.81. The van der Waals surface area contributed by atoms with Gasteiger partial charge in [0.2, 0.25) is 5.78 Å². The van der Waals surface area contributed by atoms with E-state index in [0.717, 1.165) is 5.82 Å². The van der Waals surface area contributed by atoms with Gasteiger partial charge in [0, 0.05) is 10.6 Å². The molecule has 0 atom stereocenters. The zero-order valence-electron chi connectivity index (χ0n) is 14.4. The number of Topliss-reactive ketones (excluding diaryl/α,β-unsaturated/α-hetero) is 1. The standard InChI is InChI=1S/C18H22ClN2O3/c1-5-16-20(10-11-21(16)24-17(23)18(2,3)4)12-15(22)13-6-8-14(19)9-7-13/h6-11H,5,12H2,1-4H3/q+1. The second kappa shape index (κ2) is 7.18. The molecule has 24 heavy (non-hydrogen) atoms. The topological polar surface area (TPSA) is 52.2 Å². The molecule has 0 radical (unpaired) electrons. The van der Waals surface area contributed by atoms with E-state index in [4.69, 9.17) is 16.4 Å². The van der Waals surface area contributed by atoms with E-state index in [1.807, 2.05) is 6.92 Å². The summed E-state index contributed by atoms with van der Waals surface area (Å²) in [6.45, 7) is 7.50. The Balaban J connectivity index is 2.18. The van der Waals surface area contributed by atoms with Gasteiger partial charge in [0.25, 0.3) is 5.82 Å². The third kappa shape index (κ3) is 4.23. The van der Waals surface area contributed by atoms with Crippen LogP contribution < -0.4 is 9.40 Å². The van der Waals surface area contributed by atoms with Crippen LogP contribution in [0.4, 0.5) is 0 Å². The van der Waals surface area contributed by atoms with Gasteiger partial charge in [-0.05, 0) is 49.8 Å². The third-order valence-electron chi connectivity index (χ3n) is 3.56. The Labute approximate surface area is 146 Å². The van der Waals surface area contributed by atoms with E-state index in [1.165, 1.54) is 4.73 Å². The van der Waals surface area contributed by atoms with Gasteiger partial charge in [-0.25, -0.2) is 9.36 Å². The lowest BCUT2D eigenvalue weighted by molar-refractivity contribution is -0.691. The molecule has 0 amide bonds. The van der Waals surface area contributed by atoms with Crippen molar-refractivity contribution in [3.05, 3.63) is 53.1 Å². The lowest BCUT2D eigenvalue weighted by Crippen LogP contribution is -2.42. The summed E-state index contributed by atoms with van der Waals surface area (Å²) in [5.74, 6) is 0.380. The number of aromatic nitrogens is 2. The molecule has 0 fully saturated rings. The molecule has 0 bridgehead atoms. The van der Waals surface area contributed by atoms with Gasteiger partial charge in [-0.15, -0.1) is 0 Å². The number of halogens is 1. The Morgan fingerprint density at radius 3 is 2.38 bits per heavy atom. The molecule has 2 aromatic rings. The first kappa shape index (κ1) is 18.2. The number of carbonyl (C=O) groups is 2. The van der Waals surface area contributed by atoms with Gasteiger partial charge in [0.05, 0.1) is 11.8 Å². The highest BCUT2D eigenvalue weighted by molar-refractivity contribution is 6.30. The lowest BCUT2D eigenvalue weighted by atomic mass is 9.98. The average Bonchev–Trinajstić information content (AvgIpc) is 2.88. The van der Waals surface area contributed by atoms with Crippen molar-refractivity contribution in [2.24, 2.45) is 5.41 Å². The van der Waals surface area contributed by atoms with Crippen LogP contribution in [0.2, 0.25) is 5.02 Å². The summed E-state index contributed by atoms with van der Waals surface area (Å²) in [6.07, 6.45) is 4.01. The number of rotatable bonds is 5. The van der Waals surface area contributed by atoms with Gasteiger partial charge in [-0.1, -0.05) is 18.5 Å². The Kier molecular flexibility index (Phi) is 5.44. The fourth-order valence-corrected chi connectivity index (χ4v) is 2.26. The van der Waals surface area contributed by atoms with Crippen LogP contribution in [0.15, 0.2) is 36.7 Å². The molecule has 0 saturated heterocycles. The number of benzene rings is 1. The minimum absolute atomic E-state index is 0.0359. The first-order chi connectivity index (χ1) is 11.2. The van der Waals surface area contributed by atoms with Crippen molar-refractivity contribution in [3.63, 3.8) is 0 Å². The lowest BCUT2D eigenvalue weighted by Gasteiger charge is -2.13. The van der Waals surface area contributed by atoms with Gasteiger partial charge in [0.1, 0.15) is 6.20 Å². The van der Waals surface area contributed by atoms with E-state index in [1.54, 1.807) is 62.0 Å². The summed E-state index contributed by atoms with van der Waals surface area (Å²) in [6, 6.07) is 6.79. The molecule has 0 aliphatic carbocycles. The van der Waals surface area contributed by atoms with Crippen LogP contribution >= 0.6 is 11.6 Å². The highest BCUT2D eigenvalue weighted by Crippen LogP contribution is 2.14. The summed E-state index contributed by atoms with van der Waals surface area (Å²) < 4.78 is 3.22. The SMILES string of the molecule is CCc1n(OC(=O)C(C)(C)C)cc[n+]1CC(=O)c1ccc(Cl)cc1. The van der Waals surface area contributed by atoms with Crippen molar-refractivity contribution in [2.75, 3.05) is 0 Å². The van der Waals surface area contributed by atoms with Crippen LogP contribution in [0, 0.1) is 5.41 Å². The molecule has 128 valence electrons.